The lowest BCUT2D eigenvalue weighted by Gasteiger charge is -2.08. The van der Waals surface area contributed by atoms with Gasteiger partial charge in [0.05, 0.1) is 4.88 Å². The maximum atomic E-state index is 13.7. The molecule has 3 rings (SSSR count). The highest BCUT2D eigenvalue weighted by molar-refractivity contribution is 7.98. The minimum Gasteiger partial charge on any atom is -0.288 e. The highest BCUT2D eigenvalue weighted by Gasteiger charge is 2.19. The molecule has 104 valence electrons. The van der Waals surface area contributed by atoms with Crippen LogP contribution in [-0.2, 0) is 12.2 Å². The third-order valence-corrected chi connectivity index (χ3v) is 5.79. The van der Waals surface area contributed by atoms with Crippen molar-refractivity contribution in [3.8, 4) is 0 Å². The Kier molecular flexibility index (Phi) is 3.69. The van der Waals surface area contributed by atoms with Crippen LogP contribution in [0.3, 0.4) is 0 Å². The molecule has 1 aromatic carbocycles. The fraction of sp³-hybridized carbons (Fsp3) is 0.312. The number of carbonyl (C=O) groups is 1. The van der Waals surface area contributed by atoms with Crippen molar-refractivity contribution in [2.24, 2.45) is 0 Å². The number of benzene rings is 1. The molecule has 0 atom stereocenters. The number of hydrogen-bond acceptors (Lipinski definition) is 3. The van der Waals surface area contributed by atoms with Crippen molar-refractivity contribution in [1.29, 1.82) is 0 Å². The Morgan fingerprint density at radius 3 is 2.55 bits per heavy atom. The van der Waals surface area contributed by atoms with Crippen LogP contribution in [0.5, 0.6) is 0 Å². The Morgan fingerprint density at radius 1 is 1.20 bits per heavy atom. The zero-order chi connectivity index (χ0) is 14.3. The number of halogens is 1. The van der Waals surface area contributed by atoms with Crippen LogP contribution in [0.2, 0.25) is 0 Å². The normalized spacial score (nSPS) is 14.2. The van der Waals surface area contributed by atoms with E-state index in [0.29, 0.717) is 16.7 Å². The molecule has 2 heterocycles. The topological polar surface area (TPSA) is 17.1 Å². The van der Waals surface area contributed by atoms with Gasteiger partial charge in [0.25, 0.3) is 0 Å². The summed E-state index contributed by atoms with van der Waals surface area (Å²) in [6, 6.07) is 5.32. The Hall–Kier alpha value is -1.13. The fourth-order valence-corrected chi connectivity index (χ4v) is 4.81. The lowest BCUT2D eigenvalue weighted by atomic mass is 10.0. The van der Waals surface area contributed by atoms with Gasteiger partial charge in [-0.15, -0.1) is 11.3 Å². The summed E-state index contributed by atoms with van der Waals surface area (Å²) in [5.41, 5.74) is 2.95. The van der Waals surface area contributed by atoms with Crippen LogP contribution in [0.1, 0.15) is 36.8 Å². The molecule has 20 heavy (non-hydrogen) atoms. The van der Waals surface area contributed by atoms with Gasteiger partial charge in [0.1, 0.15) is 5.82 Å². The summed E-state index contributed by atoms with van der Waals surface area (Å²) >= 11 is 3.51. The van der Waals surface area contributed by atoms with Crippen molar-refractivity contribution in [3.63, 3.8) is 0 Å². The number of fused-ring (bicyclic) bond motifs is 1. The average Bonchev–Trinajstić information content (AvgIpc) is 2.87. The minimum atomic E-state index is -0.219. The van der Waals surface area contributed by atoms with Gasteiger partial charge in [-0.3, -0.25) is 4.79 Å². The molecule has 0 amide bonds. The number of ketones is 1. The first-order valence-electron chi connectivity index (χ1n) is 6.57. The fourth-order valence-electron chi connectivity index (χ4n) is 2.48. The van der Waals surface area contributed by atoms with Crippen LogP contribution >= 0.6 is 23.1 Å². The Bertz CT molecular complexity index is 641. The van der Waals surface area contributed by atoms with Crippen molar-refractivity contribution in [2.45, 2.75) is 26.0 Å². The second-order valence-electron chi connectivity index (χ2n) is 5.11. The van der Waals surface area contributed by atoms with Crippen LogP contribution in [-0.4, -0.2) is 11.5 Å². The maximum absolute atomic E-state index is 13.7. The van der Waals surface area contributed by atoms with Crippen molar-refractivity contribution in [3.05, 3.63) is 56.0 Å². The predicted octanol–water partition coefficient (Wildman–Crippen LogP) is 4.52. The molecule has 2 aromatic rings. The number of thioether (sulfide) groups is 1. The monoisotopic (exact) mass is 306 g/mol. The number of aryl methyl sites for hydroxylation is 3. The van der Waals surface area contributed by atoms with Gasteiger partial charge >= 0.3 is 0 Å². The molecule has 0 saturated carbocycles. The molecule has 0 radical (unpaired) electrons. The SMILES string of the molecule is Cc1cc(C(=O)c2cc3c(s2)CCSC3)cc(C)c1F. The molecule has 0 fully saturated rings. The number of rotatable bonds is 2. The summed E-state index contributed by atoms with van der Waals surface area (Å²) in [7, 11) is 0. The molecule has 0 unspecified atom stereocenters. The molecule has 1 aromatic heterocycles. The second-order valence-corrected chi connectivity index (χ2v) is 7.36. The predicted molar refractivity (Wildman–Crippen MR) is 83.5 cm³/mol. The number of thiophene rings is 1. The van der Waals surface area contributed by atoms with E-state index in [-0.39, 0.29) is 11.6 Å². The largest absolute Gasteiger partial charge is 0.288 e. The van der Waals surface area contributed by atoms with Crippen molar-refractivity contribution < 1.29 is 9.18 Å². The van der Waals surface area contributed by atoms with E-state index in [0.717, 1.165) is 22.8 Å². The molecule has 1 aliphatic heterocycles. The molecule has 0 spiro atoms. The Labute approximate surface area is 126 Å². The van der Waals surface area contributed by atoms with E-state index < -0.39 is 0 Å². The van der Waals surface area contributed by atoms with Crippen LogP contribution < -0.4 is 0 Å². The van der Waals surface area contributed by atoms with Crippen molar-refractivity contribution >= 4 is 28.9 Å². The summed E-state index contributed by atoms with van der Waals surface area (Å²) in [5, 5.41) is 0. The Balaban J connectivity index is 1.98. The maximum Gasteiger partial charge on any atom is 0.202 e. The van der Waals surface area contributed by atoms with Gasteiger partial charge in [-0.05, 0) is 60.9 Å². The standard InChI is InChI=1S/C16H15FOS2/c1-9-5-11(6-10(2)15(9)17)16(18)14-7-12-8-19-4-3-13(12)20-14/h5-7H,3-4,8H2,1-2H3. The van der Waals surface area contributed by atoms with Gasteiger partial charge in [0.2, 0.25) is 5.78 Å². The molecular weight excluding hydrogens is 291 g/mol. The number of carbonyl (C=O) groups excluding carboxylic acids is 1. The van der Waals surface area contributed by atoms with Gasteiger partial charge in [-0.1, -0.05) is 0 Å². The molecule has 4 heteroatoms. The molecular formula is C16H15FOS2. The van der Waals surface area contributed by atoms with E-state index in [1.165, 1.54) is 10.4 Å². The third kappa shape index (κ3) is 2.42. The molecule has 0 saturated heterocycles. The van der Waals surface area contributed by atoms with E-state index in [4.69, 9.17) is 0 Å². The van der Waals surface area contributed by atoms with Crippen LogP contribution in [0.4, 0.5) is 4.39 Å². The second kappa shape index (κ2) is 5.34. The molecule has 0 bridgehead atoms. The van der Waals surface area contributed by atoms with Crippen LogP contribution in [0.25, 0.3) is 0 Å². The van der Waals surface area contributed by atoms with Gasteiger partial charge < -0.3 is 0 Å². The van der Waals surface area contributed by atoms with E-state index >= 15 is 0 Å². The van der Waals surface area contributed by atoms with Gasteiger partial charge in [-0.25, -0.2) is 4.39 Å². The zero-order valence-corrected chi connectivity index (χ0v) is 13.1. The van der Waals surface area contributed by atoms with E-state index in [1.807, 2.05) is 17.8 Å². The minimum absolute atomic E-state index is 0.0144. The van der Waals surface area contributed by atoms with Crippen molar-refractivity contribution in [2.75, 3.05) is 5.75 Å². The molecule has 1 nitrogen and oxygen atoms in total. The van der Waals surface area contributed by atoms with Gasteiger partial charge in [0.15, 0.2) is 0 Å². The van der Waals surface area contributed by atoms with E-state index in [2.05, 4.69) is 0 Å². The van der Waals surface area contributed by atoms with Gasteiger partial charge in [-0.2, -0.15) is 11.8 Å². The van der Waals surface area contributed by atoms with Crippen LogP contribution in [0.15, 0.2) is 18.2 Å². The highest BCUT2D eigenvalue weighted by Crippen LogP contribution is 2.33. The summed E-state index contributed by atoms with van der Waals surface area (Å²) < 4.78 is 13.7. The third-order valence-electron chi connectivity index (χ3n) is 3.55. The first kappa shape index (κ1) is 13.8. The summed E-state index contributed by atoms with van der Waals surface area (Å²) in [4.78, 5) is 14.7. The summed E-state index contributed by atoms with van der Waals surface area (Å²) in [6.45, 7) is 3.41. The van der Waals surface area contributed by atoms with Crippen molar-refractivity contribution in [1.82, 2.24) is 0 Å². The smallest absolute Gasteiger partial charge is 0.202 e. The quantitative estimate of drug-likeness (QED) is 0.759. The summed E-state index contributed by atoms with van der Waals surface area (Å²) in [5.74, 6) is 1.93. The van der Waals surface area contributed by atoms with E-state index in [9.17, 15) is 9.18 Å². The van der Waals surface area contributed by atoms with Gasteiger partial charge in [0, 0.05) is 16.2 Å². The lowest BCUT2D eigenvalue weighted by molar-refractivity contribution is 0.104. The average molecular weight is 306 g/mol. The first-order chi connectivity index (χ1) is 9.56. The van der Waals surface area contributed by atoms with Crippen LogP contribution in [0, 0.1) is 19.7 Å². The first-order valence-corrected chi connectivity index (χ1v) is 8.54. The molecule has 0 N–H and O–H groups in total. The lowest BCUT2D eigenvalue weighted by Crippen LogP contribution is -2.01. The molecule has 0 aliphatic carbocycles. The number of hydrogen-bond donors (Lipinski definition) is 0. The molecule has 1 aliphatic rings. The highest BCUT2D eigenvalue weighted by atomic mass is 32.2. The Morgan fingerprint density at radius 2 is 1.90 bits per heavy atom. The zero-order valence-electron chi connectivity index (χ0n) is 11.5. The van der Waals surface area contributed by atoms with E-state index in [1.54, 1.807) is 37.3 Å². The summed E-state index contributed by atoms with van der Waals surface area (Å²) in [6.07, 6.45) is 1.05.